The maximum Gasteiger partial charge on any atom is 0.186 e. The molecule has 2 N–H and O–H groups in total. The van der Waals surface area contributed by atoms with Crippen LogP contribution in [0.5, 0.6) is 0 Å². The van der Waals surface area contributed by atoms with Crippen LogP contribution in [0.2, 0.25) is 0 Å². The molecule has 0 saturated heterocycles. The first-order chi connectivity index (χ1) is 27.2. The van der Waals surface area contributed by atoms with Gasteiger partial charge in [0.05, 0.1) is 13.2 Å². The van der Waals surface area contributed by atoms with E-state index >= 15 is 0 Å². The molecule has 0 spiro atoms. The third-order valence-corrected chi connectivity index (χ3v) is 56.4. The molecule has 2 aromatic carbocycles. The maximum absolute atomic E-state index is 10.7. The zero-order chi connectivity index (χ0) is 42.3. The normalized spacial score (nSPS) is 8.25. The molecular weight excluding hydrogens is 1380 g/mol. The summed E-state index contributed by atoms with van der Waals surface area (Å²) in [6.07, 6.45) is 0. The summed E-state index contributed by atoms with van der Waals surface area (Å²) < 4.78 is 0. The predicted molar refractivity (Wildman–Crippen MR) is 333 cm³/mol. The Morgan fingerprint density at radius 3 is 0.946 bits per heavy atom. The fraction of sp³-hybridized carbons (Fsp3) is 0.300. The van der Waals surface area contributed by atoms with Crippen molar-refractivity contribution < 1.29 is 19.8 Å². The summed E-state index contributed by atoms with van der Waals surface area (Å²) in [4.78, 5) is 20.0. The van der Waals surface area contributed by atoms with Crippen molar-refractivity contribution in [1.82, 2.24) is 0 Å². The SMILES string of the molecule is CC(=O)S.CC(=O)SCc1ccccc1CO.OCc1ccccc1CBr.S=S=S=S=S=S=S=S=S=S=S=S=S=S.S=S=S=S=S=S=S=S=S=S=S=S=S=S=S. The van der Waals surface area contributed by atoms with Gasteiger partial charge < -0.3 is 10.2 Å². The maximum atomic E-state index is 10.7. The Bertz CT molecular complexity index is 2520. The number of thiol groups is 1. The van der Waals surface area contributed by atoms with Gasteiger partial charge in [0, 0.05) is 292 Å². The lowest BCUT2D eigenvalue weighted by atomic mass is 10.1. The highest BCUT2D eigenvalue weighted by Gasteiger charge is 2.01. The number of rotatable bonds is 5. The molecule has 0 unspecified atom stereocenters. The Morgan fingerprint density at radius 2 is 0.732 bits per heavy atom. The number of hydrogen-bond acceptors (Lipinski definition) is 9. The number of carbonyl (C=O) groups is 2. The number of carbonyl (C=O) groups excluding carboxylic acids is 2. The summed E-state index contributed by atoms with van der Waals surface area (Å²) in [7, 11) is 41.6. The smallest absolute Gasteiger partial charge is 0.186 e. The van der Waals surface area contributed by atoms with Crippen LogP contribution in [0.15, 0.2) is 48.5 Å². The predicted octanol–water partition coefficient (Wildman–Crippen LogP) is 4.43. The molecule has 2 aromatic rings. The van der Waals surface area contributed by atoms with Gasteiger partial charge in [0.25, 0.3) is 0 Å². The summed E-state index contributed by atoms with van der Waals surface area (Å²) in [6.45, 7) is 3.10. The molecule has 36 heteroatoms. The molecule has 56 heavy (non-hydrogen) atoms. The van der Waals surface area contributed by atoms with E-state index in [9.17, 15) is 9.59 Å². The third kappa shape index (κ3) is 53.6. The summed E-state index contributed by atoms with van der Waals surface area (Å²) in [6, 6.07) is 15.4. The Kier molecular flexibility index (Phi) is 66.0. The standard InChI is InChI=1S/C10H12O2S.C8H9BrO.C2H4OS.S15.S14/c1-8(12)13-7-10-5-3-2-4-9(10)6-11;9-5-7-3-1-2-4-8(7)6-10;1-2(3)4;1-3-5-7-9-11-13-15-14-12-10-8-6-4-2;1-3-5-7-9-11-13-14-12-10-8-6-4-2/h2-5,11H,6-7H2,1H3;1-4,10H,5-6H2;1H3,(H,3,4);;. The first-order valence-corrected chi connectivity index (χ1v) is 51.1. The van der Waals surface area contributed by atoms with Crippen molar-refractivity contribution in [1.29, 1.82) is 0 Å². The average molecular weight is 1400 g/mol. The average Bonchev–Trinajstić information content (AvgIpc) is 3.20. The molecular formula is C20H25BrO4S31. The molecule has 0 atom stereocenters. The van der Waals surface area contributed by atoms with Gasteiger partial charge in [-0.25, -0.2) is 0 Å². The Hall–Kier alpha value is 5.26. The van der Waals surface area contributed by atoms with Gasteiger partial charge in [-0.1, -0.05) is 76.2 Å². The van der Waals surface area contributed by atoms with Gasteiger partial charge in [-0.05, 0) is 22.3 Å². The largest absolute Gasteiger partial charge is 0.392 e. The van der Waals surface area contributed by atoms with Crippen LogP contribution >= 0.6 is 40.3 Å². The van der Waals surface area contributed by atoms with Crippen LogP contribution in [0.25, 0.3) is 0 Å². The van der Waals surface area contributed by atoms with E-state index in [0.717, 1.165) is 27.6 Å². The van der Waals surface area contributed by atoms with E-state index in [4.69, 9.17) is 55.0 Å². The molecule has 0 saturated carbocycles. The zero-order valence-electron chi connectivity index (χ0n) is 27.2. The van der Waals surface area contributed by atoms with Gasteiger partial charge in [0.1, 0.15) is 0 Å². The van der Waals surface area contributed by atoms with Crippen molar-refractivity contribution in [2.24, 2.45) is 0 Å². The van der Waals surface area contributed by atoms with E-state index in [1.807, 2.05) is 48.5 Å². The van der Waals surface area contributed by atoms with Crippen LogP contribution in [0.4, 0.5) is 0 Å². The molecule has 322 valence electrons. The lowest BCUT2D eigenvalue weighted by molar-refractivity contribution is -0.109. The van der Waals surface area contributed by atoms with Crippen LogP contribution in [-0.2, 0) is 301 Å². The number of alkyl halides is 1. The minimum atomic E-state index is -0.139. The number of thioether (sulfide) groups is 1. The first kappa shape index (κ1) is 65.5. The molecule has 0 aliphatic rings. The van der Waals surface area contributed by atoms with Crippen molar-refractivity contribution in [3.05, 3.63) is 70.8 Å². The van der Waals surface area contributed by atoms with Gasteiger partial charge in [-0.15, -0.1) is 12.6 Å². The molecule has 0 aromatic heterocycles. The van der Waals surface area contributed by atoms with Gasteiger partial charge in [0.15, 0.2) is 10.2 Å². The van der Waals surface area contributed by atoms with Gasteiger partial charge in [-0.2, -0.15) is 0 Å². The molecule has 0 fully saturated rings. The Balaban J connectivity index is -0.000000651. The summed E-state index contributed by atoms with van der Waals surface area (Å²) in [5, 5.41) is 18.6. The van der Waals surface area contributed by atoms with E-state index < -0.39 is 0 Å². The van der Waals surface area contributed by atoms with E-state index in [1.165, 1.54) is 54.2 Å². The third-order valence-electron chi connectivity index (χ3n) is 3.79. The van der Waals surface area contributed by atoms with E-state index in [0.29, 0.717) is 5.75 Å². The molecule has 0 amide bonds. The zero-order valence-corrected chi connectivity index (χ0v) is 54.2. The lowest BCUT2D eigenvalue weighted by Gasteiger charge is -2.04. The van der Waals surface area contributed by atoms with Crippen molar-refractivity contribution >= 4 is 317 Å². The van der Waals surface area contributed by atoms with E-state index in [-0.39, 0.29) is 23.4 Å². The monoisotopic (exact) mass is 1400 g/mol. The van der Waals surface area contributed by atoms with Gasteiger partial charge in [0.2, 0.25) is 0 Å². The number of benzene rings is 2. The molecule has 0 radical (unpaired) electrons. The van der Waals surface area contributed by atoms with Crippen LogP contribution in [0.3, 0.4) is 0 Å². The molecule has 0 bridgehead atoms. The van der Waals surface area contributed by atoms with Gasteiger partial charge >= 0.3 is 0 Å². The van der Waals surface area contributed by atoms with Crippen molar-refractivity contribution in [3.63, 3.8) is 0 Å². The Labute approximate surface area is 436 Å². The van der Waals surface area contributed by atoms with Crippen LogP contribution in [-0.4, -0.2) is 20.4 Å². The highest BCUT2D eigenvalue weighted by Crippen LogP contribution is 2.16. The molecule has 0 heterocycles. The fourth-order valence-electron chi connectivity index (χ4n) is 2.11. The highest BCUT2D eigenvalue weighted by atomic mass is 79.9. The van der Waals surface area contributed by atoms with Crippen molar-refractivity contribution in [2.75, 3.05) is 0 Å². The summed E-state index contributed by atoms with van der Waals surface area (Å²) in [5.41, 5.74) is 4.09. The van der Waals surface area contributed by atoms with Gasteiger partial charge in [-0.3, -0.25) is 9.59 Å². The Morgan fingerprint density at radius 1 is 0.500 bits per heavy atom. The van der Waals surface area contributed by atoms with E-state index in [1.54, 1.807) is 193 Å². The molecule has 0 aliphatic heterocycles. The number of aliphatic hydroxyl groups is 2. The minimum absolute atomic E-state index is 0.0363. The van der Waals surface area contributed by atoms with Crippen LogP contribution in [0.1, 0.15) is 36.1 Å². The second-order valence-electron chi connectivity index (χ2n) is 6.99. The number of halogens is 1. The number of hydrogen-bond donors (Lipinski definition) is 3. The van der Waals surface area contributed by atoms with Crippen molar-refractivity contribution in [3.8, 4) is 0 Å². The van der Waals surface area contributed by atoms with Crippen LogP contribution < -0.4 is 0 Å². The van der Waals surface area contributed by atoms with Crippen LogP contribution in [0, 0.1) is 0 Å². The lowest BCUT2D eigenvalue weighted by Crippen LogP contribution is -1.93. The summed E-state index contributed by atoms with van der Waals surface area (Å²) in [5.74, 6) is 0.645. The minimum Gasteiger partial charge on any atom is -0.392 e. The second kappa shape index (κ2) is 56.4. The topological polar surface area (TPSA) is 74.6 Å². The quantitative estimate of drug-likeness (QED) is 0.299. The molecule has 4 nitrogen and oxygen atoms in total. The second-order valence-corrected chi connectivity index (χ2v) is 53.6. The summed E-state index contributed by atoms with van der Waals surface area (Å²) >= 11 is 26.8. The van der Waals surface area contributed by atoms with Crippen molar-refractivity contribution in [2.45, 2.75) is 38.1 Å². The highest BCUT2D eigenvalue weighted by molar-refractivity contribution is 9.08. The number of aliphatic hydroxyl groups excluding tert-OH is 2. The molecule has 0 aliphatic carbocycles. The van der Waals surface area contributed by atoms with E-state index in [2.05, 4.69) is 28.6 Å². The molecule has 2 rings (SSSR count). The first-order valence-electron chi connectivity index (χ1n) is 12.6. The fourth-order valence-corrected chi connectivity index (χ4v) is 60.9.